The molecule has 4 rings (SSSR count). The lowest BCUT2D eigenvalue weighted by Gasteiger charge is -2.34. The average molecular weight is 397 g/mol. The van der Waals surface area contributed by atoms with Gasteiger partial charge in [-0.3, -0.25) is 14.5 Å². The van der Waals surface area contributed by atoms with E-state index in [2.05, 4.69) is 20.5 Å². The zero-order chi connectivity index (χ0) is 20.2. The van der Waals surface area contributed by atoms with Gasteiger partial charge >= 0.3 is 0 Å². The molecule has 3 aromatic rings. The number of nitrogens with one attached hydrogen (secondary N) is 1. The minimum atomic E-state index is -0.102. The van der Waals surface area contributed by atoms with E-state index >= 15 is 0 Å². The zero-order valence-electron chi connectivity index (χ0n) is 16.3. The molecule has 2 amide bonds. The molecule has 3 heterocycles. The van der Waals surface area contributed by atoms with E-state index in [0.717, 1.165) is 25.0 Å². The van der Waals surface area contributed by atoms with Gasteiger partial charge in [0.1, 0.15) is 11.5 Å². The number of piperazine rings is 1. The lowest BCUT2D eigenvalue weighted by molar-refractivity contribution is -0.120. The number of hydrogen-bond donors (Lipinski definition) is 1. The SMILES string of the molecule is Cc1cc(C(=O)N2CCN(CCNC(=O)Cc3noc4ccccc34)CC2)no1. The monoisotopic (exact) mass is 397 g/mol. The molecule has 1 aromatic carbocycles. The van der Waals surface area contributed by atoms with Crippen LogP contribution in [0.4, 0.5) is 0 Å². The van der Waals surface area contributed by atoms with Crippen LogP contribution in [-0.4, -0.2) is 71.2 Å². The second-order valence-electron chi connectivity index (χ2n) is 7.11. The van der Waals surface area contributed by atoms with Crippen molar-refractivity contribution in [3.63, 3.8) is 0 Å². The molecule has 0 radical (unpaired) electrons. The van der Waals surface area contributed by atoms with Crippen molar-refractivity contribution in [1.82, 2.24) is 25.4 Å². The van der Waals surface area contributed by atoms with Crippen LogP contribution in [0.2, 0.25) is 0 Å². The summed E-state index contributed by atoms with van der Waals surface area (Å²) in [5, 5.41) is 11.6. The third-order valence-electron chi connectivity index (χ3n) is 5.04. The third kappa shape index (κ3) is 4.45. The van der Waals surface area contributed by atoms with Crippen molar-refractivity contribution >= 4 is 22.8 Å². The lowest BCUT2D eigenvalue weighted by atomic mass is 10.1. The molecular formula is C20H23N5O4. The van der Waals surface area contributed by atoms with Crippen LogP contribution in [0.5, 0.6) is 0 Å². The zero-order valence-corrected chi connectivity index (χ0v) is 16.3. The molecule has 0 bridgehead atoms. The number of carbonyl (C=O) groups excluding carboxylic acids is 2. The molecule has 0 saturated carbocycles. The molecule has 1 aliphatic heterocycles. The van der Waals surface area contributed by atoms with E-state index in [1.165, 1.54) is 0 Å². The van der Waals surface area contributed by atoms with E-state index in [4.69, 9.17) is 9.05 Å². The van der Waals surface area contributed by atoms with Gasteiger partial charge in [0.15, 0.2) is 11.3 Å². The first kappa shape index (κ1) is 19.1. The van der Waals surface area contributed by atoms with E-state index in [0.29, 0.717) is 42.4 Å². The quantitative estimate of drug-likeness (QED) is 0.667. The first-order chi connectivity index (χ1) is 14.1. The summed E-state index contributed by atoms with van der Waals surface area (Å²) < 4.78 is 10.2. The van der Waals surface area contributed by atoms with Crippen molar-refractivity contribution < 1.29 is 18.6 Å². The van der Waals surface area contributed by atoms with Crippen LogP contribution in [0.15, 0.2) is 39.4 Å². The Labute approximate surface area is 167 Å². The van der Waals surface area contributed by atoms with E-state index in [-0.39, 0.29) is 18.2 Å². The van der Waals surface area contributed by atoms with Gasteiger partial charge in [-0.05, 0) is 19.1 Å². The predicted molar refractivity (Wildman–Crippen MR) is 104 cm³/mol. The van der Waals surface area contributed by atoms with Crippen molar-refractivity contribution in [2.24, 2.45) is 0 Å². The van der Waals surface area contributed by atoms with Gasteiger partial charge in [-0.15, -0.1) is 0 Å². The van der Waals surface area contributed by atoms with Crippen LogP contribution < -0.4 is 5.32 Å². The number of fused-ring (bicyclic) bond motifs is 1. The van der Waals surface area contributed by atoms with Crippen molar-refractivity contribution in [3.05, 3.63) is 47.5 Å². The Morgan fingerprint density at radius 3 is 2.66 bits per heavy atom. The number of hydrogen-bond acceptors (Lipinski definition) is 7. The molecule has 1 N–H and O–H groups in total. The maximum Gasteiger partial charge on any atom is 0.276 e. The van der Waals surface area contributed by atoms with Crippen LogP contribution in [0, 0.1) is 6.92 Å². The fourth-order valence-corrected chi connectivity index (χ4v) is 3.44. The number of aryl methyl sites for hydroxylation is 1. The van der Waals surface area contributed by atoms with E-state index in [1.807, 2.05) is 24.3 Å². The van der Waals surface area contributed by atoms with Gasteiger partial charge in [-0.2, -0.15) is 0 Å². The van der Waals surface area contributed by atoms with Crippen LogP contribution >= 0.6 is 0 Å². The van der Waals surface area contributed by atoms with E-state index in [9.17, 15) is 9.59 Å². The van der Waals surface area contributed by atoms with Crippen molar-refractivity contribution in [2.75, 3.05) is 39.3 Å². The molecule has 0 aliphatic carbocycles. The Morgan fingerprint density at radius 2 is 1.90 bits per heavy atom. The van der Waals surface area contributed by atoms with Crippen LogP contribution in [0.25, 0.3) is 11.0 Å². The fourth-order valence-electron chi connectivity index (χ4n) is 3.44. The minimum Gasteiger partial charge on any atom is -0.361 e. The Morgan fingerprint density at radius 1 is 1.10 bits per heavy atom. The molecule has 152 valence electrons. The largest absolute Gasteiger partial charge is 0.361 e. The highest BCUT2D eigenvalue weighted by Gasteiger charge is 2.24. The maximum atomic E-state index is 12.4. The smallest absolute Gasteiger partial charge is 0.276 e. The predicted octanol–water partition coefficient (Wildman–Crippen LogP) is 1.24. The average Bonchev–Trinajstić information content (AvgIpc) is 3.35. The Kier molecular flexibility index (Phi) is 5.57. The topological polar surface area (TPSA) is 105 Å². The highest BCUT2D eigenvalue weighted by atomic mass is 16.5. The highest BCUT2D eigenvalue weighted by Crippen LogP contribution is 2.18. The van der Waals surface area contributed by atoms with Gasteiger partial charge in [0.05, 0.1) is 6.42 Å². The molecule has 1 saturated heterocycles. The number of benzene rings is 1. The second kappa shape index (κ2) is 8.44. The summed E-state index contributed by atoms with van der Waals surface area (Å²) in [5.74, 6) is 0.440. The molecule has 1 fully saturated rings. The minimum absolute atomic E-state index is 0.0840. The fraction of sp³-hybridized carbons (Fsp3) is 0.400. The normalized spacial score (nSPS) is 15.0. The summed E-state index contributed by atoms with van der Waals surface area (Å²) in [7, 11) is 0. The summed E-state index contributed by atoms with van der Waals surface area (Å²) in [6, 6.07) is 9.16. The molecule has 0 spiro atoms. The van der Waals surface area contributed by atoms with Crippen molar-refractivity contribution in [2.45, 2.75) is 13.3 Å². The highest BCUT2D eigenvalue weighted by molar-refractivity contribution is 5.92. The van der Waals surface area contributed by atoms with Crippen LogP contribution in [0.3, 0.4) is 0 Å². The molecule has 9 heteroatoms. The maximum absolute atomic E-state index is 12.4. The van der Waals surface area contributed by atoms with Crippen molar-refractivity contribution in [1.29, 1.82) is 0 Å². The summed E-state index contributed by atoms with van der Waals surface area (Å²) >= 11 is 0. The summed E-state index contributed by atoms with van der Waals surface area (Å²) in [4.78, 5) is 28.6. The number of nitrogens with zero attached hydrogens (tertiary/aromatic N) is 4. The Bertz CT molecular complexity index is 1000. The molecule has 29 heavy (non-hydrogen) atoms. The number of rotatable bonds is 6. The molecule has 0 unspecified atom stereocenters. The van der Waals surface area contributed by atoms with Gasteiger partial charge in [-0.25, -0.2) is 0 Å². The molecule has 2 aromatic heterocycles. The van der Waals surface area contributed by atoms with E-state index in [1.54, 1.807) is 17.9 Å². The van der Waals surface area contributed by atoms with Crippen LogP contribution in [0.1, 0.15) is 21.9 Å². The molecule has 1 aliphatic rings. The summed E-state index contributed by atoms with van der Waals surface area (Å²) in [6.45, 7) is 5.81. The van der Waals surface area contributed by atoms with Gasteiger partial charge < -0.3 is 19.3 Å². The molecular weight excluding hydrogens is 374 g/mol. The number of amides is 2. The van der Waals surface area contributed by atoms with Gasteiger partial charge in [-0.1, -0.05) is 22.4 Å². The second-order valence-corrected chi connectivity index (χ2v) is 7.11. The number of aromatic nitrogens is 2. The first-order valence-electron chi connectivity index (χ1n) is 9.65. The van der Waals surface area contributed by atoms with Gasteiger partial charge in [0.25, 0.3) is 5.91 Å². The van der Waals surface area contributed by atoms with Gasteiger partial charge in [0.2, 0.25) is 5.91 Å². The molecule has 9 nitrogen and oxygen atoms in total. The number of para-hydroxylation sites is 1. The van der Waals surface area contributed by atoms with Gasteiger partial charge in [0, 0.05) is 50.7 Å². The summed E-state index contributed by atoms with van der Waals surface area (Å²) in [6.07, 6.45) is 0.191. The number of carbonyl (C=O) groups is 2. The van der Waals surface area contributed by atoms with Crippen molar-refractivity contribution in [3.8, 4) is 0 Å². The first-order valence-corrected chi connectivity index (χ1v) is 9.65. The van der Waals surface area contributed by atoms with E-state index < -0.39 is 0 Å². The summed E-state index contributed by atoms with van der Waals surface area (Å²) in [5.41, 5.74) is 1.68. The lowest BCUT2D eigenvalue weighted by Crippen LogP contribution is -2.50. The molecule has 0 atom stereocenters. The standard InChI is InChI=1S/C20H23N5O4/c1-14-12-17(23-28-14)20(27)25-10-8-24(9-11-25)7-6-21-19(26)13-16-15-4-2-3-5-18(15)29-22-16/h2-5,12H,6-11,13H2,1H3,(H,21,26). The third-order valence-corrected chi connectivity index (χ3v) is 5.04. The Balaban J connectivity index is 1.19. The Hall–Kier alpha value is -3.20. The van der Waals surface area contributed by atoms with Crippen LogP contribution in [-0.2, 0) is 11.2 Å².